The predicted molar refractivity (Wildman–Crippen MR) is 80.6 cm³/mol. The first-order valence-electron chi connectivity index (χ1n) is 5.85. The summed E-state index contributed by atoms with van der Waals surface area (Å²) in [6, 6.07) is 10.1. The van der Waals surface area contributed by atoms with Crippen LogP contribution in [0.1, 0.15) is 17.3 Å². The molecule has 1 heterocycles. The first kappa shape index (κ1) is 14.2. The van der Waals surface area contributed by atoms with Crippen molar-refractivity contribution in [1.29, 1.82) is 0 Å². The summed E-state index contributed by atoms with van der Waals surface area (Å²) in [6.07, 6.45) is 1.56. The Bertz CT molecular complexity index is 624. The minimum atomic E-state index is -0.233. The molecule has 0 bridgehead atoms. The molecule has 2 aromatic rings. The summed E-state index contributed by atoms with van der Waals surface area (Å²) >= 11 is 3.23. The summed E-state index contributed by atoms with van der Waals surface area (Å²) in [5, 5.41) is 5.38. The van der Waals surface area contributed by atoms with Crippen LogP contribution >= 0.6 is 15.9 Å². The van der Waals surface area contributed by atoms with Crippen LogP contribution in [0.2, 0.25) is 0 Å². The lowest BCUT2D eigenvalue weighted by atomic mass is 10.2. The summed E-state index contributed by atoms with van der Waals surface area (Å²) in [7, 11) is 0. The van der Waals surface area contributed by atoms with E-state index in [1.54, 1.807) is 42.6 Å². The third-order valence-corrected chi connectivity index (χ3v) is 2.92. The Labute approximate surface area is 124 Å². The molecule has 0 fully saturated rings. The van der Waals surface area contributed by atoms with Gasteiger partial charge >= 0.3 is 0 Å². The fourth-order valence-electron chi connectivity index (χ4n) is 1.56. The molecule has 0 aliphatic carbocycles. The number of carbonyl (C=O) groups excluding carboxylic acids is 2. The Kier molecular flexibility index (Phi) is 4.47. The third kappa shape index (κ3) is 3.89. The number of nitrogens with one attached hydrogen (secondary N) is 2. The monoisotopic (exact) mass is 333 g/mol. The average molecular weight is 334 g/mol. The Morgan fingerprint density at radius 2 is 1.65 bits per heavy atom. The molecule has 1 aromatic heterocycles. The smallest absolute Gasteiger partial charge is 0.255 e. The lowest BCUT2D eigenvalue weighted by Gasteiger charge is -2.06. The minimum Gasteiger partial charge on any atom is -0.326 e. The highest BCUT2D eigenvalue weighted by Crippen LogP contribution is 2.14. The van der Waals surface area contributed by atoms with E-state index >= 15 is 0 Å². The van der Waals surface area contributed by atoms with Crippen LogP contribution in [0.4, 0.5) is 11.4 Å². The second-order valence-electron chi connectivity index (χ2n) is 4.08. The Hall–Kier alpha value is -2.21. The second-order valence-corrected chi connectivity index (χ2v) is 4.89. The van der Waals surface area contributed by atoms with Gasteiger partial charge in [-0.15, -0.1) is 0 Å². The standard InChI is InChI=1S/C14H12BrN3O2/c1-9(19)17-11-4-2-10(3-5-11)14(20)18-12-6-7-13(15)16-8-12/h2-8H,1H3,(H,17,19)(H,18,20). The second kappa shape index (κ2) is 6.29. The summed E-state index contributed by atoms with van der Waals surface area (Å²) < 4.78 is 0.704. The van der Waals surface area contributed by atoms with Crippen LogP contribution < -0.4 is 10.6 Å². The van der Waals surface area contributed by atoms with Crippen LogP contribution in [0.5, 0.6) is 0 Å². The van der Waals surface area contributed by atoms with Gasteiger partial charge in [0.2, 0.25) is 5.91 Å². The van der Waals surface area contributed by atoms with Crippen molar-refractivity contribution in [3.05, 3.63) is 52.8 Å². The molecule has 1 aromatic carbocycles. The van der Waals surface area contributed by atoms with E-state index < -0.39 is 0 Å². The molecule has 0 atom stereocenters. The Morgan fingerprint density at radius 3 is 2.20 bits per heavy atom. The van der Waals surface area contributed by atoms with E-state index in [0.29, 0.717) is 21.5 Å². The van der Waals surface area contributed by atoms with Crippen molar-refractivity contribution in [3.63, 3.8) is 0 Å². The molecule has 0 unspecified atom stereocenters. The van der Waals surface area contributed by atoms with Crippen LogP contribution in [0.3, 0.4) is 0 Å². The van der Waals surface area contributed by atoms with Crippen LogP contribution in [0, 0.1) is 0 Å². The van der Waals surface area contributed by atoms with Gasteiger partial charge in [-0.2, -0.15) is 0 Å². The molecule has 2 rings (SSSR count). The van der Waals surface area contributed by atoms with Crippen molar-refractivity contribution in [1.82, 2.24) is 4.98 Å². The highest BCUT2D eigenvalue weighted by atomic mass is 79.9. The van der Waals surface area contributed by atoms with Crippen molar-refractivity contribution < 1.29 is 9.59 Å². The topological polar surface area (TPSA) is 71.1 Å². The highest BCUT2D eigenvalue weighted by molar-refractivity contribution is 9.10. The molecule has 0 aliphatic heterocycles. The lowest BCUT2D eigenvalue weighted by Crippen LogP contribution is -2.12. The van der Waals surface area contributed by atoms with Gasteiger partial charge in [0.25, 0.3) is 5.91 Å². The molecule has 5 nitrogen and oxygen atoms in total. The van der Waals surface area contributed by atoms with Gasteiger partial charge in [-0.25, -0.2) is 4.98 Å². The van der Waals surface area contributed by atoms with Gasteiger partial charge in [0, 0.05) is 18.2 Å². The minimum absolute atomic E-state index is 0.150. The number of benzene rings is 1. The molecular formula is C14H12BrN3O2. The van der Waals surface area contributed by atoms with E-state index in [1.165, 1.54) is 6.92 Å². The average Bonchev–Trinajstić information content (AvgIpc) is 2.41. The first-order valence-corrected chi connectivity index (χ1v) is 6.64. The van der Waals surface area contributed by atoms with Gasteiger partial charge in [-0.05, 0) is 52.3 Å². The lowest BCUT2D eigenvalue weighted by molar-refractivity contribution is -0.114. The molecule has 20 heavy (non-hydrogen) atoms. The van der Waals surface area contributed by atoms with Gasteiger partial charge in [0.15, 0.2) is 0 Å². The maximum Gasteiger partial charge on any atom is 0.255 e. The van der Waals surface area contributed by atoms with E-state index in [1.807, 2.05) is 0 Å². The zero-order chi connectivity index (χ0) is 14.5. The largest absolute Gasteiger partial charge is 0.326 e. The molecule has 0 saturated carbocycles. The molecule has 0 radical (unpaired) electrons. The number of hydrogen-bond donors (Lipinski definition) is 2. The van der Waals surface area contributed by atoms with Crippen LogP contribution in [-0.4, -0.2) is 16.8 Å². The molecule has 102 valence electrons. The number of halogens is 1. The van der Waals surface area contributed by atoms with Gasteiger partial charge in [-0.1, -0.05) is 0 Å². The summed E-state index contributed by atoms with van der Waals surface area (Å²) in [6.45, 7) is 1.43. The summed E-state index contributed by atoms with van der Waals surface area (Å²) in [5.41, 5.74) is 1.77. The fraction of sp³-hybridized carbons (Fsp3) is 0.0714. The number of nitrogens with zero attached hydrogens (tertiary/aromatic N) is 1. The van der Waals surface area contributed by atoms with Crippen molar-refractivity contribution in [2.75, 3.05) is 10.6 Å². The molecular weight excluding hydrogens is 322 g/mol. The van der Waals surface area contributed by atoms with Crippen molar-refractivity contribution in [2.45, 2.75) is 6.92 Å². The molecule has 6 heteroatoms. The molecule has 0 saturated heterocycles. The van der Waals surface area contributed by atoms with E-state index in [-0.39, 0.29) is 11.8 Å². The van der Waals surface area contributed by atoms with Gasteiger partial charge in [0.05, 0.1) is 11.9 Å². The van der Waals surface area contributed by atoms with Crippen LogP contribution in [0.25, 0.3) is 0 Å². The number of carbonyl (C=O) groups is 2. The summed E-state index contributed by atoms with van der Waals surface area (Å²) in [5.74, 6) is -0.383. The van der Waals surface area contributed by atoms with E-state index in [0.717, 1.165) is 0 Å². The number of rotatable bonds is 3. The Balaban J connectivity index is 2.05. The summed E-state index contributed by atoms with van der Waals surface area (Å²) in [4.78, 5) is 26.9. The third-order valence-electron chi connectivity index (χ3n) is 2.45. The normalized spacial score (nSPS) is 9.90. The quantitative estimate of drug-likeness (QED) is 0.848. The van der Waals surface area contributed by atoms with Gasteiger partial charge < -0.3 is 10.6 Å². The van der Waals surface area contributed by atoms with Crippen molar-refractivity contribution >= 4 is 39.1 Å². The van der Waals surface area contributed by atoms with Crippen LogP contribution in [0.15, 0.2) is 47.2 Å². The zero-order valence-corrected chi connectivity index (χ0v) is 12.3. The highest BCUT2D eigenvalue weighted by Gasteiger charge is 2.06. The molecule has 0 aliphatic rings. The first-order chi connectivity index (χ1) is 9.54. The Morgan fingerprint density at radius 1 is 1.00 bits per heavy atom. The van der Waals surface area contributed by atoms with Gasteiger partial charge in [0.1, 0.15) is 4.60 Å². The van der Waals surface area contributed by atoms with Crippen LogP contribution in [-0.2, 0) is 4.79 Å². The van der Waals surface area contributed by atoms with E-state index in [4.69, 9.17) is 0 Å². The molecule has 2 N–H and O–H groups in total. The van der Waals surface area contributed by atoms with Crippen molar-refractivity contribution in [3.8, 4) is 0 Å². The zero-order valence-electron chi connectivity index (χ0n) is 10.7. The molecule has 0 spiro atoms. The predicted octanol–water partition coefficient (Wildman–Crippen LogP) is 3.05. The fourth-order valence-corrected chi connectivity index (χ4v) is 1.80. The number of aromatic nitrogens is 1. The maximum atomic E-state index is 12.0. The SMILES string of the molecule is CC(=O)Nc1ccc(C(=O)Nc2ccc(Br)nc2)cc1. The maximum absolute atomic E-state index is 12.0. The number of pyridine rings is 1. The van der Waals surface area contributed by atoms with Gasteiger partial charge in [-0.3, -0.25) is 9.59 Å². The molecule has 2 amide bonds. The van der Waals surface area contributed by atoms with Crippen molar-refractivity contribution in [2.24, 2.45) is 0 Å². The number of amides is 2. The van der Waals surface area contributed by atoms with E-state index in [2.05, 4.69) is 31.5 Å². The number of hydrogen-bond acceptors (Lipinski definition) is 3. The van der Waals surface area contributed by atoms with E-state index in [9.17, 15) is 9.59 Å². The number of anilines is 2.